The molecule has 0 saturated heterocycles. The molecule has 1 rings (SSSR count). The van der Waals surface area contributed by atoms with Crippen molar-refractivity contribution < 1.29 is 23.0 Å². The number of esters is 1. The lowest BCUT2D eigenvalue weighted by Gasteiger charge is -2.09. The predicted molar refractivity (Wildman–Crippen MR) is 62.5 cm³/mol. The molecule has 1 aromatic rings. The summed E-state index contributed by atoms with van der Waals surface area (Å²) in [7, 11) is 0. The summed E-state index contributed by atoms with van der Waals surface area (Å²) in [6.07, 6.45) is 0.413. The number of ether oxygens (including phenoxy) is 2. The van der Waals surface area contributed by atoms with Crippen LogP contribution in [0.15, 0.2) is 12.1 Å². The molecular formula is C13H16F2O3. The quantitative estimate of drug-likeness (QED) is 0.736. The van der Waals surface area contributed by atoms with Crippen LogP contribution in [0.5, 0.6) is 5.75 Å². The van der Waals surface area contributed by atoms with Crippen LogP contribution in [0.2, 0.25) is 0 Å². The van der Waals surface area contributed by atoms with E-state index in [2.05, 4.69) is 4.74 Å². The summed E-state index contributed by atoms with van der Waals surface area (Å²) in [5.74, 6) is -2.85. The molecule has 0 aromatic heterocycles. The van der Waals surface area contributed by atoms with Gasteiger partial charge in [-0.2, -0.15) is 4.39 Å². The molecule has 0 saturated carbocycles. The van der Waals surface area contributed by atoms with Gasteiger partial charge < -0.3 is 9.47 Å². The average molecular weight is 258 g/mol. The Bertz CT molecular complexity index is 419. The van der Waals surface area contributed by atoms with Crippen LogP contribution < -0.4 is 4.74 Å². The molecule has 1 aromatic carbocycles. The Morgan fingerprint density at radius 2 is 1.94 bits per heavy atom. The number of carbonyl (C=O) groups excluding carboxylic acids is 1. The van der Waals surface area contributed by atoms with Crippen molar-refractivity contribution in [2.24, 2.45) is 0 Å². The summed E-state index contributed by atoms with van der Waals surface area (Å²) in [4.78, 5) is 11.2. The Morgan fingerprint density at radius 1 is 1.22 bits per heavy atom. The summed E-state index contributed by atoms with van der Waals surface area (Å²) in [6.45, 7) is 4.04. The van der Waals surface area contributed by atoms with E-state index in [1.807, 2.05) is 6.92 Å². The van der Waals surface area contributed by atoms with Crippen LogP contribution in [0, 0.1) is 11.6 Å². The highest BCUT2D eigenvalue weighted by molar-refractivity contribution is 5.72. The van der Waals surface area contributed by atoms with E-state index in [0.717, 1.165) is 0 Å². The zero-order valence-electron chi connectivity index (χ0n) is 10.5. The van der Waals surface area contributed by atoms with E-state index in [-0.39, 0.29) is 24.3 Å². The molecule has 0 aliphatic heterocycles. The first-order valence-corrected chi connectivity index (χ1v) is 5.85. The largest absolute Gasteiger partial charge is 0.490 e. The lowest BCUT2D eigenvalue weighted by molar-refractivity contribution is -0.142. The summed E-state index contributed by atoms with van der Waals surface area (Å²) < 4.78 is 36.9. The Kier molecular flexibility index (Phi) is 5.55. The Hall–Kier alpha value is -1.65. The summed E-state index contributed by atoms with van der Waals surface area (Å²) in [5, 5.41) is 0. The Balaban J connectivity index is 2.83. The van der Waals surface area contributed by atoms with Gasteiger partial charge in [0.05, 0.1) is 19.6 Å². The SMILES string of the molecule is CCCOc1ccc(CC(=O)OCC)c(F)c1F. The van der Waals surface area contributed by atoms with Crippen LogP contribution in [0.3, 0.4) is 0 Å². The molecule has 0 aliphatic carbocycles. The van der Waals surface area contributed by atoms with Crippen molar-refractivity contribution in [3.63, 3.8) is 0 Å². The molecule has 0 fully saturated rings. The third kappa shape index (κ3) is 3.68. The number of halogens is 2. The van der Waals surface area contributed by atoms with Crippen LogP contribution in [-0.2, 0) is 16.0 Å². The van der Waals surface area contributed by atoms with Gasteiger partial charge in [0.1, 0.15) is 0 Å². The van der Waals surface area contributed by atoms with Crippen LogP contribution in [-0.4, -0.2) is 19.2 Å². The highest BCUT2D eigenvalue weighted by atomic mass is 19.2. The molecule has 0 aliphatic rings. The van der Waals surface area contributed by atoms with Gasteiger partial charge in [-0.3, -0.25) is 4.79 Å². The van der Waals surface area contributed by atoms with Gasteiger partial charge in [-0.15, -0.1) is 0 Å². The minimum Gasteiger partial charge on any atom is -0.490 e. The molecule has 0 spiro atoms. The van der Waals surface area contributed by atoms with E-state index in [1.54, 1.807) is 6.92 Å². The third-order valence-corrected chi connectivity index (χ3v) is 2.23. The summed E-state index contributed by atoms with van der Waals surface area (Å²) in [5.41, 5.74) is -0.0326. The van der Waals surface area contributed by atoms with Crippen LogP contribution in [0.1, 0.15) is 25.8 Å². The molecular weight excluding hydrogens is 242 g/mol. The number of benzene rings is 1. The molecule has 0 unspecified atom stereocenters. The lowest BCUT2D eigenvalue weighted by Crippen LogP contribution is -2.10. The topological polar surface area (TPSA) is 35.5 Å². The van der Waals surface area contributed by atoms with Gasteiger partial charge in [-0.05, 0) is 19.4 Å². The van der Waals surface area contributed by atoms with Gasteiger partial charge in [-0.25, -0.2) is 4.39 Å². The average Bonchev–Trinajstić information content (AvgIpc) is 2.34. The number of rotatable bonds is 6. The number of hydrogen-bond acceptors (Lipinski definition) is 3. The predicted octanol–water partition coefficient (Wildman–Crippen LogP) is 2.86. The van der Waals surface area contributed by atoms with Crippen LogP contribution in [0.25, 0.3) is 0 Å². The second-order valence-corrected chi connectivity index (χ2v) is 3.68. The van der Waals surface area contributed by atoms with Gasteiger partial charge in [0.2, 0.25) is 5.82 Å². The first kappa shape index (κ1) is 14.4. The minimum atomic E-state index is -1.06. The molecule has 100 valence electrons. The first-order valence-electron chi connectivity index (χ1n) is 5.85. The second kappa shape index (κ2) is 6.93. The van der Waals surface area contributed by atoms with Crippen molar-refractivity contribution in [1.82, 2.24) is 0 Å². The number of carbonyl (C=O) groups is 1. The maximum atomic E-state index is 13.6. The first-order chi connectivity index (χ1) is 8.60. The van der Waals surface area contributed by atoms with Crippen molar-refractivity contribution in [3.05, 3.63) is 29.3 Å². The molecule has 18 heavy (non-hydrogen) atoms. The normalized spacial score (nSPS) is 10.2. The molecule has 0 amide bonds. The van der Waals surface area contributed by atoms with Crippen molar-refractivity contribution in [2.45, 2.75) is 26.7 Å². The Labute approximate surface area is 105 Å². The van der Waals surface area contributed by atoms with E-state index in [1.165, 1.54) is 12.1 Å². The molecule has 0 atom stereocenters. The van der Waals surface area contributed by atoms with Gasteiger partial charge in [0.15, 0.2) is 11.6 Å². The maximum Gasteiger partial charge on any atom is 0.310 e. The zero-order chi connectivity index (χ0) is 13.5. The maximum absolute atomic E-state index is 13.6. The standard InChI is InChI=1S/C13H16F2O3/c1-3-7-18-10-6-5-9(12(14)13(10)15)8-11(16)17-4-2/h5-6H,3-4,7-8H2,1-2H3. The van der Waals surface area contributed by atoms with Gasteiger partial charge >= 0.3 is 5.97 Å². The fraction of sp³-hybridized carbons (Fsp3) is 0.462. The van der Waals surface area contributed by atoms with Gasteiger partial charge in [0, 0.05) is 5.56 Å². The van der Waals surface area contributed by atoms with Crippen molar-refractivity contribution in [1.29, 1.82) is 0 Å². The van der Waals surface area contributed by atoms with E-state index in [0.29, 0.717) is 13.0 Å². The fourth-order valence-corrected chi connectivity index (χ4v) is 1.40. The molecule has 5 heteroatoms. The molecule has 0 heterocycles. The molecule has 0 N–H and O–H groups in total. The minimum absolute atomic E-state index is 0.0326. The third-order valence-electron chi connectivity index (χ3n) is 2.23. The molecule has 0 radical (unpaired) electrons. The lowest BCUT2D eigenvalue weighted by atomic mass is 10.1. The van der Waals surface area contributed by atoms with Crippen LogP contribution >= 0.6 is 0 Å². The van der Waals surface area contributed by atoms with E-state index < -0.39 is 17.6 Å². The van der Waals surface area contributed by atoms with Crippen LogP contribution in [0.4, 0.5) is 8.78 Å². The zero-order valence-corrected chi connectivity index (χ0v) is 10.5. The fourth-order valence-electron chi connectivity index (χ4n) is 1.40. The molecule has 3 nitrogen and oxygen atoms in total. The van der Waals surface area contributed by atoms with E-state index in [4.69, 9.17) is 4.74 Å². The van der Waals surface area contributed by atoms with Crippen molar-refractivity contribution >= 4 is 5.97 Å². The highest BCUT2D eigenvalue weighted by Crippen LogP contribution is 2.23. The van der Waals surface area contributed by atoms with Crippen molar-refractivity contribution in [3.8, 4) is 5.75 Å². The smallest absolute Gasteiger partial charge is 0.310 e. The van der Waals surface area contributed by atoms with E-state index >= 15 is 0 Å². The highest BCUT2D eigenvalue weighted by Gasteiger charge is 2.16. The van der Waals surface area contributed by atoms with Gasteiger partial charge in [-0.1, -0.05) is 13.0 Å². The number of hydrogen-bond donors (Lipinski definition) is 0. The van der Waals surface area contributed by atoms with E-state index in [9.17, 15) is 13.6 Å². The van der Waals surface area contributed by atoms with Crippen molar-refractivity contribution in [2.75, 3.05) is 13.2 Å². The summed E-state index contributed by atoms with van der Waals surface area (Å²) >= 11 is 0. The van der Waals surface area contributed by atoms with Gasteiger partial charge in [0.25, 0.3) is 0 Å². The summed E-state index contributed by atoms with van der Waals surface area (Å²) in [6, 6.07) is 2.66. The Morgan fingerprint density at radius 3 is 2.56 bits per heavy atom. The second-order valence-electron chi connectivity index (χ2n) is 3.68. The monoisotopic (exact) mass is 258 g/mol. The molecule has 0 bridgehead atoms.